The van der Waals surface area contributed by atoms with Gasteiger partial charge in [0.05, 0.1) is 11.9 Å². The molecule has 0 aliphatic carbocycles. The highest BCUT2D eigenvalue weighted by molar-refractivity contribution is 7.85. The summed E-state index contributed by atoms with van der Waals surface area (Å²) < 4.78 is 29.4. The van der Waals surface area contributed by atoms with Crippen LogP contribution in [0.2, 0.25) is 0 Å². The third kappa shape index (κ3) is 5.82. The molecular weight excluding hydrogens is 200 g/mol. The van der Waals surface area contributed by atoms with E-state index in [1.807, 2.05) is 0 Å². The van der Waals surface area contributed by atoms with Gasteiger partial charge in [0, 0.05) is 5.92 Å². The predicted octanol–water partition coefficient (Wildman–Crippen LogP) is 0.191. The zero-order valence-corrected chi connectivity index (χ0v) is 8.55. The average Bonchev–Trinajstić information content (AvgIpc) is 1.83. The standard InChI is InChI=1S/C6H14O4S2/c1-5(7)6(2-3-11)4-12(8,9)10/h5-7,11H,2-4H2,1H3,(H,8,9,10). The molecule has 12 heavy (non-hydrogen) atoms. The summed E-state index contributed by atoms with van der Waals surface area (Å²) in [6.07, 6.45) is -0.264. The minimum Gasteiger partial charge on any atom is -0.393 e. The van der Waals surface area contributed by atoms with Crippen molar-refractivity contribution in [2.75, 3.05) is 11.5 Å². The maximum atomic E-state index is 10.4. The highest BCUT2D eigenvalue weighted by Crippen LogP contribution is 2.12. The first kappa shape index (κ1) is 12.2. The van der Waals surface area contributed by atoms with Crippen molar-refractivity contribution in [3.8, 4) is 0 Å². The molecule has 0 heterocycles. The fourth-order valence-electron chi connectivity index (χ4n) is 0.900. The number of hydrogen-bond acceptors (Lipinski definition) is 4. The molecule has 0 saturated heterocycles. The maximum Gasteiger partial charge on any atom is 0.265 e. The number of rotatable bonds is 5. The van der Waals surface area contributed by atoms with E-state index in [2.05, 4.69) is 12.6 Å². The van der Waals surface area contributed by atoms with Gasteiger partial charge in [-0.05, 0) is 19.1 Å². The smallest absolute Gasteiger partial charge is 0.265 e. The van der Waals surface area contributed by atoms with Crippen LogP contribution in [0.5, 0.6) is 0 Å². The summed E-state index contributed by atoms with van der Waals surface area (Å²) >= 11 is 3.92. The summed E-state index contributed by atoms with van der Waals surface area (Å²) in [5.41, 5.74) is 0. The molecule has 0 saturated carbocycles. The Morgan fingerprint density at radius 1 is 1.50 bits per heavy atom. The van der Waals surface area contributed by atoms with Gasteiger partial charge < -0.3 is 5.11 Å². The van der Waals surface area contributed by atoms with Crippen LogP contribution in [0.1, 0.15) is 13.3 Å². The molecule has 0 radical (unpaired) electrons. The molecule has 0 rings (SSSR count). The lowest BCUT2D eigenvalue weighted by molar-refractivity contribution is 0.134. The molecule has 2 atom stereocenters. The van der Waals surface area contributed by atoms with Crippen molar-refractivity contribution in [3.63, 3.8) is 0 Å². The Labute approximate surface area is 78.1 Å². The van der Waals surface area contributed by atoms with Gasteiger partial charge in [-0.2, -0.15) is 21.0 Å². The average molecular weight is 214 g/mol. The molecule has 0 aliphatic heterocycles. The zero-order valence-electron chi connectivity index (χ0n) is 6.84. The molecule has 0 spiro atoms. The first-order valence-corrected chi connectivity index (χ1v) is 5.85. The molecule has 0 aromatic carbocycles. The molecule has 4 nitrogen and oxygen atoms in total. The Balaban J connectivity index is 4.14. The van der Waals surface area contributed by atoms with Crippen molar-refractivity contribution >= 4 is 22.7 Å². The fourth-order valence-corrected chi connectivity index (χ4v) is 2.22. The molecule has 6 heteroatoms. The van der Waals surface area contributed by atoms with Gasteiger partial charge in [0.15, 0.2) is 0 Å². The number of aliphatic hydroxyl groups excluding tert-OH is 1. The largest absolute Gasteiger partial charge is 0.393 e. The van der Waals surface area contributed by atoms with Crippen LogP contribution < -0.4 is 0 Å². The third-order valence-electron chi connectivity index (χ3n) is 1.61. The lowest BCUT2D eigenvalue weighted by atomic mass is 10.0. The van der Waals surface area contributed by atoms with Crippen LogP contribution in [0.15, 0.2) is 0 Å². The van der Waals surface area contributed by atoms with Crippen molar-refractivity contribution in [2.45, 2.75) is 19.4 Å². The van der Waals surface area contributed by atoms with E-state index in [4.69, 9.17) is 9.66 Å². The van der Waals surface area contributed by atoms with Gasteiger partial charge in [-0.15, -0.1) is 0 Å². The van der Waals surface area contributed by atoms with Crippen LogP contribution >= 0.6 is 12.6 Å². The minimum atomic E-state index is -3.98. The SMILES string of the molecule is CC(O)C(CCS)CS(=O)(=O)O. The molecule has 0 aromatic heterocycles. The summed E-state index contributed by atoms with van der Waals surface area (Å²) in [4.78, 5) is 0. The number of thiol groups is 1. The highest BCUT2D eigenvalue weighted by Gasteiger charge is 2.20. The van der Waals surface area contributed by atoms with E-state index in [9.17, 15) is 8.42 Å². The van der Waals surface area contributed by atoms with Gasteiger partial charge in [-0.3, -0.25) is 4.55 Å². The fraction of sp³-hybridized carbons (Fsp3) is 1.00. The van der Waals surface area contributed by atoms with E-state index < -0.39 is 27.9 Å². The van der Waals surface area contributed by atoms with Crippen LogP contribution in [0, 0.1) is 5.92 Å². The Bertz CT molecular complexity index is 210. The summed E-state index contributed by atoms with van der Waals surface area (Å²) in [6.45, 7) is 1.50. The van der Waals surface area contributed by atoms with Crippen molar-refractivity contribution in [3.05, 3.63) is 0 Å². The van der Waals surface area contributed by atoms with E-state index in [0.717, 1.165) is 0 Å². The predicted molar refractivity (Wildman–Crippen MR) is 50.1 cm³/mol. The second kappa shape index (κ2) is 5.06. The van der Waals surface area contributed by atoms with Gasteiger partial charge >= 0.3 is 0 Å². The number of aliphatic hydroxyl groups is 1. The molecule has 0 aliphatic rings. The van der Waals surface area contributed by atoms with E-state index in [-0.39, 0.29) is 0 Å². The quantitative estimate of drug-likeness (QED) is 0.451. The molecule has 2 unspecified atom stereocenters. The van der Waals surface area contributed by atoms with Crippen LogP contribution in [0.25, 0.3) is 0 Å². The molecule has 0 bridgehead atoms. The van der Waals surface area contributed by atoms with E-state index in [1.54, 1.807) is 0 Å². The zero-order chi connectivity index (χ0) is 9.78. The van der Waals surface area contributed by atoms with E-state index in [1.165, 1.54) is 6.92 Å². The molecule has 0 amide bonds. The second-order valence-corrected chi connectivity index (χ2v) is 4.71. The minimum absolute atomic E-state index is 0.398. The lowest BCUT2D eigenvalue weighted by Crippen LogP contribution is -2.25. The first-order valence-electron chi connectivity index (χ1n) is 3.61. The van der Waals surface area contributed by atoms with Gasteiger partial charge in [0.25, 0.3) is 10.1 Å². The van der Waals surface area contributed by atoms with Crippen LogP contribution in [-0.4, -0.2) is 35.7 Å². The maximum absolute atomic E-state index is 10.4. The molecule has 74 valence electrons. The summed E-state index contributed by atoms with van der Waals surface area (Å²) in [5, 5.41) is 9.10. The lowest BCUT2D eigenvalue weighted by Gasteiger charge is -2.16. The monoisotopic (exact) mass is 214 g/mol. The Hall–Kier alpha value is 0.220. The van der Waals surface area contributed by atoms with Crippen molar-refractivity contribution in [1.82, 2.24) is 0 Å². The van der Waals surface area contributed by atoms with Crippen LogP contribution in [0.3, 0.4) is 0 Å². The molecular formula is C6H14O4S2. The van der Waals surface area contributed by atoms with Gasteiger partial charge in [-0.25, -0.2) is 0 Å². The van der Waals surface area contributed by atoms with Gasteiger partial charge in [0.2, 0.25) is 0 Å². The Morgan fingerprint density at radius 3 is 2.25 bits per heavy atom. The Kier molecular flexibility index (Phi) is 5.15. The third-order valence-corrected chi connectivity index (χ3v) is 2.71. The molecule has 0 aromatic rings. The summed E-state index contributed by atoms with van der Waals surface area (Å²) in [6, 6.07) is 0. The van der Waals surface area contributed by atoms with E-state index >= 15 is 0 Å². The normalized spacial score (nSPS) is 17.3. The highest BCUT2D eigenvalue weighted by atomic mass is 32.2. The van der Waals surface area contributed by atoms with E-state index in [0.29, 0.717) is 12.2 Å². The van der Waals surface area contributed by atoms with Gasteiger partial charge in [0.1, 0.15) is 0 Å². The van der Waals surface area contributed by atoms with Crippen molar-refractivity contribution in [1.29, 1.82) is 0 Å². The summed E-state index contributed by atoms with van der Waals surface area (Å²) in [5.74, 6) is -0.339. The molecule has 2 N–H and O–H groups in total. The Morgan fingerprint density at radius 2 is 2.00 bits per heavy atom. The second-order valence-electron chi connectivity index (χ2n) is 2.76. The number of hydrogen-bond donors (Lipinski definition) is 3. The topological polar surface area (TPSA) is 74.6 Å². The molecule has 0 fully saturated rings. The van der Waals surface area contributed by atoms with Crippen molar-refractivity contribution < 1.29 is 18.1 Å². The first-order chi connectivity index (χ1) is 5.37. The summed E-state index contributed by atoms with van der Waals surface area (Å²) in [7, 11) is -3.98. The van der Waals surface area contributed by atoms with Crippen molar-refractivity contribution in [2.24, 2.45) is 5.92 Å². The van der Waals surface area contributed by atoms with Crippen LogP contribution in [0.4, 0.5) is 0 Å². The van der Waals surface area contributed by atoms with Gasteiger partial charge in [-0.1, -0.05) is 0 Å². The van der Waals surface area contributed by atoms with Crippen LogP contribution in [-0.2, 0) is 10.1 Å².